The van der Waals surface area contributed by atoms with Gasteiger partial charge in [0.15, 0.2) is 5.70 Å². The van der Waals surface area contributed by atoms with E-state index in [1.807, 2.05) is 36.4 Å². The van der Waals surface area contributed by atoms with Crippen LogP contribution in [0.4, 0.5) is 4.39 Å². The predicted octanol–water partition coefficient (Wildman–Crippen LogP) is 5.51. The molecule has 3 aromatic carbocycles. The molecule has 0 unspecified atom stereocenters. The Morgan fingerprint density at radius 2 is 1.79 bits per heavy atom. The van der Waals surface area contributed by atoms with Crippen LogP contribution in [0, 0.1) is 5.82 Å². The Kier molecular flexibility index (Phi) is 5.53. The number of rotatable bonds is 5. The Morgan fingerprint density at radius 3 is 2.59 bits per heavy atom. The third-order valence-electron chi connectivity index (χ3n) is 4.25. The number of hydrogen-bond acceptors (Lipinski definition) is 4. The minimum atomic E-state index is -0.538. The highest BCUT2D eigenvalue weighted by Gasteiger charge is 2.24. The molecule has 1 aliphatic heterocycles. The van der Waals surface area contributed by atoms with E-state index in [0.717, 1.165) is 10.0 Å². The standard InChI is InChI=1S/C23H15BrFNO3/c24-18-10-11-21(28-14-16-8-4-5-9-19(16)25)17(12-18)13-20-23(27)29-22(26-20)15-6-2-1-3-7-15/h1-13H,14H2. The second-order valence-corrected chi connectivity index (χ2v) is 7.18. The summed E-state index contributed by atoms with van der Waals surface area (Å²) >= 11 is 3.42. The summed E-state index contributed by atoms with van der Waals surface area (Å²) in [6, 6.07) is 21.0. The summed E-state index contributed by atoms with van der Waals surface area (Å²) in [5.74, 6) is -0.115. The number of aliphatic imine (C=N–C) groups is 1. The topological polar surface area (TPSA) is 47.9 Å². The van der Waals surface area contributed by atoms with Crippen molar-refractivity contribution in [1.29, 1.82) is 0 Å². The molecule has 0 amide bonds. The molecule has 4 nitrogen and oxygen atoms in total. The van der Waals surface area contributed by atoms with E-state index in [0.29, 0.717) is 16.9 Å². The first-order valence-electron chi connectivity index (χ1n) is 8.84. The minimum Gasteiger partial charge on any atom is -0.488 e. The molecule has 0 atom stereocenters. The summed E-state index contributed by atoms with van der Waals surface area (Å²) in [5, 5.41) is 0. The molecule has 0 aliphatic carbocycles. The van der Waals surface area contributed by atoms with Gasteiger partial charge in [0.25, 0.3) is 0 Å². The SMILES string of the molecule is O=C1OC(c2ccccc2)=NC1=Cc1cc(Br)ccc1OCc1ccccc1F. The molecule has 0 bridgehead atoms. The lowest BCUT2D eigenvalue weighted by Crippen LogP contribution is -2.05. The van der Waals surface area contributed by atoms with Crippen molar-refractivity contribution in [3.63, 3.8) is 0 Å². The highest BCUT2D eigenvalue weighted by molar-refractivity contribution is 9.10. The molecule has 29 heavy (non-hydrogen) atoms. The van der Waals surface area contributed by atoms with Gasteiger partial charge in [-0.3, -0.25) is 0 Å². The van der Waals surface area contributed by atoms with Crippen LogP contribution in [0.3, 0.4) is 0 Å². The molecule has 0 fully saturated rings. The van der Waals surface area contributed by atoms with Crippen molar-refractivity contribution in [2.75, 3.05) is 0 Å². The summed E-state index contributed by atoms with van der Waals surface area (Å²) in [6.45, 7) is 0.0630. The van der Waals surface area contributed by atoms with E-state index in [1.54, 1.807) is 36.4 Å². The van der Waals surface area contributed by atoms with Crippen LogP contribution >= 0.6 is 15.9 Å². The molecule has 0 radical (unpaired) electrons. The van der Waals surface area contributed by atoms with Crippen LogP contribution in [-0.2, 0) is 16.1 Å². The molecular formula is C23H15BrFNO3. The molecule has 144 valence electrons. The van der Waals surface area contributed by atoms with Gasteiger partial charge < -0.3 is 9.47 Å². The maximum Gasteiger partial charge on any atom is 0.363 e. The third-order valence-corrected chi connectivity index (χ3v) is 4.74. The molecule has 1 heterocycles. The van der Waals surface area contributed by atoms with Crippen LogP contribution < -0.4 is 4.74 Å². The van der Waals surface area contributed by atoms with Crippen LogP contribution in [0.15, 0.2) is 88.0 Å². The quantitative estimate of drug-likeness (QED) is 0.379. The fourth-order valence-corrected chi connectivity index (χ4v) is 3.17. The number of nitrogens with zero attached hydrogens (tertiary/aromatic N) is 1. The van der Waals surface area contributed by atoms with Crippen molar-refractivity contribution < 1.29 is 18.7 Å². The van der Waals surface area contributed by atoms with E-state index < -0.39 is 5.97 Å². The lowest BCUT2D eigenvalue weighted by atomic mass is 10.1. The lowest BCUT2D eigenvalue weighted by Gasteiger charge is -2.10. The Bertz CT molecular complexity index is 1130. The summed E-state index contributed by atoms with van der Waals surface area (Å²) < 4.78 is 25.8. The third kappa shape index (κ3) is 4.43. The van der Waals surface area contributed by atoms with Gasteiger partial charge in [-0.1, -0.05) is 52.3 Å². The monoisotopic (exact) mass is 451 g/mol. The normalized spacial score (nSPS) is 14.6. The van der Waals surface area contributed by atoms with Crippen molar-refractivity contribution in [3.05, 3.63) is 105 Å². The van der Waals surface area contributed by atoms with Gasteiger partial charge in [0.05, 0.1) is 0 Å². The zero-order valence-corrected chi connectivity index (χ0v) is 16.7. The van der Waals surface area contributed by atoms with Crippen LogP contribution in [0.1, 0.15) is 16.7 Å². The van der Waals surface area contributed by atoms with E-state index in [-0.39, 0.29) is 24.0 Å². The summed E-state index contributed by atoms with van der Waals surface area (Å²) in [4.78, 5) is 16.6. The second-order valence-electron chi connectivity index (χ2n) is 6.26. The van der Waals surface area contributed by atoms with Crippen LogP contribution in [-0.4, -0.2) is 11.9 Å². The van der Waals surface area contributed by atoms with Gasteiger partial charge in [0, 0.05) is 21.2 Å². The van der Waals surface area contributed by atoms with Crippen LogP contribution in [0.2, 0.25) is 0 Å². The highest BCUT2D eigenvalue weighted by atomic mass is 79.9. The van der Waals surface area contributed by atoms with Crippen molar-refractivity contribution in [2.45, 2.75) is 6.61 Å². The van der Waals surface area contributed by atoms with Gasteiger partial charge in [-0.25, -0.2) is 14.2 Å². The van der Waals surface area contributed by atoms with Gasteiger partial charge in [0.2, 0.25) is 5.90 Å². The van der Waals surface area contributed by atoms with E-state index in [2.05, 4.69) is 20.9 Å². The average Bonchev–Trinajstić information content (AvgIpc) is 3.09. The maximum atomic E-state index is 13.9. The Balaban J connectivity index is 1.63. The highest BCUT2D eigenvalue weighted by Crippen LogP contribution is 2.28. The van der Waals surface area contributed by atoms with Crippen molar-refractivity contribution in [2.24, 2.45) is 4.99 Å². The van der Waals surface area contributed by atoms with E-state index >= 15 is 0 Å². The first-order valence-corrected chi connectivity index (χ1v) is 9.63. The second kappa shape index (κ2) is 8.41. The average molecular weight is 452 g/mol. The molecule has 0 saturated heterocycles. The van der Waals surface area contributed by atoms with E-state index in [9.17, 15) is 9.18 Å². The smallest absolute Gasteiger partial charge is 0.363 e. The molecular weight excluding hydrogens is 437 g/mol. The van der Waals surface area contributed by atoms with E-state index in [1.165, 1.54) is 6.07 Å². The number of esters is 1. The molecule has 6 heteroatoms. The first-order chi connectivity index (χ1) is 14.1. The van der Waals surface area contributed by atoms with Crippen molar-refractivity contribution in [1.82, 2.24) is 0 Å². The number of cyclic esters (lactones) is 1. The first kappa shape index (κ1) is 19.1. The number of halogens is 2. The zero-order chi connectivity index (χ0) is 20.2. The fraction of sp³-hybridized carbons (Fsp3) is 0.0435. The molecule has 3 aromatic rings. The Labute approximate surface area is 175 Å². The predicted molar refractivity (Wildman–Crippen MR) is 112 cm³/mol. The van der Waals surface area contributed by atoms with Gasteiger partial charge in [-0.2, -0.15) is 0 Å². The van der Waals surface area contributed by atoms with Gasteiger partial charge in [0.1, 0.15) is 18.2 Å². The molecule has 4 rings (SSSR count). The largest absolute Gasteiger partial charge is 0.488 e. The number of ether oxygens (including phenoxy) is 2. The number of carbonyl (C=O) groups is 1. The van der Waals surface area contributed by atoms with Gasteiger partial charge >= 0.3 is 5.97 Å². The maximum absolute atomic E-state index is 13.9. The van der Waals surface area contributed by atoms with Gasteiger partial charge in [-0.15, -0.1) is 0 Å². The van der Waals surface area contributed by atoms with E-state index in [4.69, 9.17) is 9.47 Å². The number of carbonyl (C=O) groups excluding carboxylic acids is 1. The zero-order valence-electron chi connectivity index (χ0n) is 15.1. The van der Waals surface area contributed by atoms with Crippen LogP contribution in [0.5, 0.6) is 5.75 Å². The Morgan fingerprint density at radius 1 is 1.03 bits per heavy atom. The van der Waals surface area contributed by atoms with Gasteiger partial charge in [-0.05, 0) is 42.5 Å². The number of benzene rings is 3. The Hall–Kier alpha value is -3.25. The lowest BCUT2D eigenvalue weighted by molar-refractivity contribution is -0.129. The minimum absolute atomic E-state index is 0.0630. The van der Waals surface area contributed by atoms with Crippen molar-refractivity contribution >= 4 is 33.9 Å². The summed E-state index contributed by atoms with van der Waals surface area (Å²) in [6.07, 6.45) is 1.60. The molecule has 0 spiro atoms. The summed E-state index contributed by atoms with van der Waals surface area (Å²) in [7, 11) is 0. The van der Waals surface area contributed by atoms with Crippen LogP contribution in [0.25, 0.3) is 6.08 Å². The molecule has 0 N–H and O–H groups in total. The summed E-state index contributed by atoms with van der Waals surface area (Å²) in [5.41, 5.74) is 1.95. The number of hydrogen-bond donors (Lipinski definition) is 0. The molecule has 1 aliphatic rings. The fourth-order valence-electron chi connectivity index (χ4n) is 2.80. The van der Waals surface area contributed by atoms with Crippen molar-refractivity contribution in [3.8, 4) is 5.75 Å². The molecule has 0 saturated carbocycles. The molecule has 0 aromatic heterocycles.